The Labute approximate surface area is 175 Å². The number of carbonyl (C=O) groups is 1. The van der Waals surface area contributed by atoms with E-state index in [-0.39, 0.29) is 18.4 Å². The van der Waals surface area contributed by atoms with Crippen LogP contribution in [-0.4, -0.2) is 50.4 Å². The second-order valence-electron chi connectivity index (χ2n) is 8.60. The quantitative estimate of drug-likeness (QED) is 0.672. The Kier molecular flexibility index (Phi) is 5.02. The van der Waals surface area contributed by atoms with Crippen LogP contribution in [0.3, 0.4) is 0 Å². The summed E-state index contributed by atoms with van der Waals surface area (Å²) in [6, 6.07) is 6.29. The molecule has 1 saturated heterocycles. The molecule has 1 aliphatic heterocycles. The molecule has 3 aromatic rings. The molecule has 1 amide bonds. The molecule has 1 aliphatic carbocycles. The average Bonchev–Trinajstić information content (AvgIpc) is 3.38. The fourth-order valence-electron chi connectivity index (χ4n) is 4.43. The molecule has 8 heteroatoms. The van der Waals surface area contributed by atoms with Crippen LogP contribution in [0.4, 0.5) is 0 Å². The Hall–Kier alpha value is -2.74. The van der Waals surface area contributed by atoms with Crippen molar-refractivity contribution in [1.82, 2.24) is 24.8 Å². The molecular formula is C22H28N6O2. The van der Waals surface area contributed by atoms with Gasteiger partial charge in [-0.25, -0.2) is 0 Å². The lowest BCUT2D eigenvalue weighted by Crippen LogP contribution is -2.41. The van der Waals surface area contributed by atoms with Crippen molar-refractivity contribution >= 4 is 16.8 Å². The second-order valence-corrected chi connectivity index (χ2v) is 8.60. The molecule has 0 bridgehead atoms. The molecule has 2 fully saturated rings. The van der Waals surface area contributed by atoms with Gasteiger partial charge in [-0.1, -0.05) is 30.1 Å². The first-order chi connectivity index (χ1) is 14.6. The summed E-state index contributed by atoms with van der Waals surface area (Å²) in [6.45, 7) is 1.43. The Morgan fingerprint density at radius 1 is 1.23 bits per heavy atom. The molecule has 5 rings (SSSR count). The Balaban J connectivity index is 1.32. The molecule has 2 N–H and O–H groups in total. The third kappa shape index (κ3) is 3.71. The molecule has 0 spiro atoms. The predicted octanol–water partition coefficient (Wildman–Crippen LogP) is 2.63. The topological polar surface area (TPSA) is 103 Å². The van der Waals surface area contributed by atoms with E-state index in [0.717, 1.165) is 36.3 Å². The van der Waals surface area contributed by atoms with Crippen molar-refractivity contribution in [3.8, 4) is 11.4 Å². The number of carbonyl (C=O) groups excluding carboxylic acids is 1. The highest BCUT2D eigenvalue weighted by molar-refractivity contribution is 5.86. The molecule has 2 aromatic heterocycles. The minimum absolute atomic E-state index is 0.000600. The fraction of sp³-hybridized carbons (Fsp3) is 0.545. The van der Waals surface area contributed by atoms with Crippen molar-refractivity contribution in [2.45, 2.75) is 44.4 Å². The lowest BCUT2D eigenvalue weighted by Gasteiger charge is -2.30. The van der Waals surface area contributed by atoms with Crippen molar-refractivity contribution in [2.24, 2.45) is 18.7 Å². The monoisotopic (exact) mass is 408 g/mol. The molecule has 0 atom stereocenters. The predicted molar refractivity (Wildman–Crippen MR) is 113 cm³/mol. The lowest BCUT2D eigenvalue weighted by atomic mass is 9.96. The SMILES string of the molecule is Cn1nc(CCC2CC2)c2ccc(-c3noc(C4CCN(C(=O)CN)CC4)n3)cc21. The zero-order chi connectivity index (χ0) is 20.7. The molecule has 0 unspecified atom stereocenters. The van der Waals surface area contributed by atoms with Gasteiger partial charge in [0, 0.05) is 37.0 Å². The van der Waals surface area contributed by atoms with E-state index >= 15 is 0 Å². The van der Waals surface area contributed by atoms with E-state index in [2.05, 4.69) is 28.3 Å². The van der Waals surface area contributed by atoms with Gasteiger partial charge in [-0.2, -0.15) is 10.1 Å². The smallest absolute Gasteiger partial charge is 0.236 e. The van der Waals surface area contributed by atoms with Crippen molar-refractivity contribution in [1.29, 1.82) is 0 Å². The highest BCUT2D eigenvalue weighted by atomic mass is 16.5. The third-order valence-electron chi connectivity index (χ3n) is 6.49. The van der Waals surface area contributed by atoms with Gasteiger partial charge in [0.05, 0.1) is 17.8 Å². The van der Waals surface area contributed by atoms with E-state index in [0.29, 0.717) is 24.8 Å². The largest absolute Gasteiger partial charge is 0.342 e. The van der Waals surface area contributed by atoms with Crippen LogP contribution < -0.4 is 5.73 Å². The molecule has 3 heterocycles. The number of benzene rings is 1. The van der Waals surface area contributed by atoms with Crippen molar-refractivity contribution in [2.75, 3.05) is 19.6 Å². The van der Waals surface area contributed by atoms with Crippen LogP contribution in [0, 0.1) is 5.92 Å². The highest BCUT2D eigenvalue weighted by Gasteiger charge is 2.27. The Bertz CT molecular complexity index is 1060. The maximum atomic E-state index is 11.8. The minimum Gasteiger partial charge on any atom is -0.342 e. The number of hydrogen-bond donors (Lipinski definition) is 1. The number of aryl methyl sites for hydroxylation is 2. The van der Waals surface area contributed by atoms with Crippen LogP contribution in [0.25, 0.3) is 22.3 Å². The van der Waals surface area contributed by atoms with Gasteiger partial charge in [-0.05, 0) is 37.7 Å². The second kappa shape index (κ2) is 7.83. The van der Waals surface area contributed by atoms with Gasteiger partial charge < -0.3 is 15.2 Å². The number of piperidine rings is 1. The lowest BCUT2D eigenvalue weighted by molar-refractivity contribution is -0.130. The average molecular weight is 409 g/mol. The number of rotatable bonds is 6. The summed E-state index contributed by atoms with van der Waals surface area (Å²) in [5, 5.41) is 10.2. The number of fused-ring (bicyclic) bond motifs is 1. The third-order valence-corrected chi connectivity index (χ3v) is 6.49. The maximum Gasteiger partial charge on any atom is 0.236 e. The van der Waals surface area contributed by atoms with Crippen LogP contribution in [0.5, 0.6) is 0 Å². The number of nitrogens with two attached hydrogens (primary N) is 1. The van der Waals surface area contributed by atoms with Crippen LogP contribution >= 0.6 is 0 Å². The van der Waals surface area contributed by atoms with Crippen LogP contribution in [0.1, 0.15) is 49.6 Å². The fourth-order valence-corrected chi connectivity index (χ4v) is 4.43. The summed E-state index contributed by atoms with van der Waals surface area (Å²) in [5.74, 6) is 2.34. The molecule has 2 aliphatic rings. The molecular weight excluding hydrogens is 380 g/mol. The van der Waals surface area contributed by atoms with Crippen molar-refractivity contribution < 1.29 is 9.32 Å². The molecule has 1 aromatic carbocycles. The number of nitrogens with zero attached hydrogens (tertiary/aromatic N) is 5. The van der Waals surface area contributed by atoms with Gasteiger partial charge in [0.1, 0.15) is 0 Å². The summed E-state index contributed by atoms with van der Waals surface area (Å²) < 4.78 is 7.54. The van der Waals surface area contributed by atoms with E-state index in [1.807, 2.05) is 16.6 Å². The summed E-state index contributed by atoms with van der Waals surface area (Å²) in [7, 11) is 1.99. The maximum absolute atomic E-state index is 11.8. The number of aromatic nitrogens is 4. The van der Waals surface area contributed by atoms with Gasteiger partial charge in [-0.3, -0.25) is 9.48 Å². The standard InChI is InChI=1S/C22H28N6O2/c1-27-19-12-16(5-6-17(19)18(25-27)7-4-14-2-3-14)21-24-22(30-26-21)15-8-10-28(11-9-15)20(29)13-23/h5-6,12,14-15H,2-4,7-11,13,23H2,1H3. The molecule has 30 heavy (non-hydrogen) atoms. The van der Waals surface area contributed by atoms with Gasteiger partial charge >= 0.3 is 0 Å². The van der Waals surface area contributed by atoms with Gasteiger partial charge in [0.15, 0.2) is 0 Å². The summed E-state index contributed by atoms with van der Waals surface area (Å²) in [4.78, 5) is 18.2. The first kappa shape index (κ1) is 19.2. The molecule has 0 radical (unpaired) electrons. The molecule has 1 saturated carbocycles. The summed E-state index contributed by atoms with van der Waals surface area (Å²) in [6.07, 6.45) is 6.66. The van der Waals surface area contributed by atoms with E-state index < -0.39 is 0 Å². The van der Waals surface area contributed by atoms with E-state index in [9.17, 15) is 4.79 Å². The zero-order valence-electron chi connectivity index (χ0n) is 17.4. The summed E-state index contributed by atoms with van der Waals surface area (Å²) >= 11 is 0. The van der Waals surface area contributed by atoms with Crippen LogP contribution in [0.2, 0.25) is 0 Å². The molecule has 158 valence electrons. The van der Waals surface area contributed by atoms with Crippen LogP contribution in [0.15, 0.2) is 22.7 Å². The van der Waals surface area contributed by atoms with E-state index in [1.165, 1.54) is 30.3 Å². The normalized spacial score (nSPS) is 17.7. The number of amides is 1. The Morgan fingerprint density at radius 2 is 2.03 bits per heavy atom. The zero-order valence-corrected chi connectivity index (χ0v) is 17.4. The first-order valence-electron chi connectivity index (χ1n) is 10.9. The van der Waals surface area contributed by atoms with E-state index in [1.54, 1.807) is 0 Å². The Morgan fingerprint density at radius 3 is 2.77 bits per heavy atom. The number of likely N-dealkylation sites (tertiary alicyclic amines) is 1. The van der Waals surface area contributed by atoms with Gasteiger partial charge in [0.25, 0.3) is 0 Å². The van der Waals surface area contributed by atoms with Gasteiger partial charge in [-0.15, -0.1) is 0 Å². The van der Waals surface area contributed by atoms with Gasteiger partial charge in [0.2, 0.25) is 17.6 Å². The van der Waals surface area contributed by atoms with Crippen LogP contribution in [-0.2, 0) is 18.3 Å². The molecule has 8 nitrogen and oxygen atoms in total. The summed E-state index contributed by atoms with van der Waals surface area (Å²) in [5.41, 5.74) is 8.67. The van der Waals surface area contributed by atoms with Crippen molar-refractivity contribution in [3.05, 3.63) is 29.8 Å². The van der Waals surface area contributed by atoms with Crippen molar-refractivity contribution in [3.63, 3.8) is 0 Å². The first-order valence-corrected chi connectivity index (χ1v) is 10.9. The minimum atomic E-state index is 0.000600. The highest BCUT2D eigenvalue weighted by Crippen LogP contribution is 2.35. The van der Waals surface area contributed by atoms with E-state index in [4.69, 9.17) is 15.4 Å². The number of hydrogen-bond acceptors (Lipinski definition) is 6.